The van der Waals surface area contributed by atoms with E-state index in [-0.39, 0.29) is 18.4 Å². The molecule has 1 aromatic rings. The first-order valence-corrected chi connectivity index (χ1v) is 6.08. The maximum Gasteiger partial charge on any atom is 0.316 e. The number of benzene rings is 1. The van der Waals surface area contributed by atoms with E-state index in [1.165, 1.54) is 0 Å². The van der Waals surface area contributed by atoms with Crippen LogP contribution in [0, 0.1) is 6.92 Å². The summed E-state index contributed by atoms with van der Waals surface area (Å²) in [7, 11) is 0. The Labute approximate surface area is 115 Å². The number of rotatable bonds is 4. The van der Waals surface area contributed by atoms with Crippen molar-refractivity contribution in [2.24, 2.45) is 4.99 Å². The molecule has 0 spiro atoms. The molecule has 1 saturated heterocycles. The molecule has 1 aliphatic rings. The standard InChI is InChI=1S/C13H14N4O3/c1-8-2-4-9(5-3-8)10(18)14-6-7-15-13-16-11(19)12(20)17-13/h2-5H,6-7H2,1H3,(H,14,18)(H2,15,16,17,19,20). The lowest BCUT2D eigenvalue weighted by Crippen LogP contribution is -2.29. The highest BCUT2D eigenvalue weighted by Gasteiger charge is 2.24. The maximum atomic E-state index is 11.8. The monoisotopic (exact) mass is 274 g/mol. The largest absolute Gasteiger partial charge is 0.350 e. The van der Waals surface area contributed by atoms with Crippen molar-refractivity contribution in [2.75, 3.05) is 13.1 Å². The van der Waals surface area contributed by atoms with Gasteiger partial charge in [0.1, 0.15) is 0 Å². The summed E-state index contributed by atoms with van der Waals surface area (Å²) in [6.07, 6.45) is 0. The van der Waals surface area contributed by atoms with Gasteiger partial charge >= 0.3 is 11.8 Å². The predicted octanol–water partition coefficient (Wildman–Crippen LogP) is -0.673. The zero-order chi connectivity index (χ0) is 14.5. The minimum absolute atomic E-state index is 0.115. The van der Waals surface area contributed by atoms with Gasteiger partial charge in [-0.25, -0.2) is 0 Å². The Kier molecular flexibility index (Phi) is 4.09. The Balaban J connectivity index is 1.77. The third kappa shape index (κ3) is 3.41. The van der Waals surface area contributed by atoms with Crippen LogP contribution in [0.1, 0.15) is 15.9 Å². The molecule has 0 unspecified atom stereocenters. The van der Waals surface area contributed by atoms with Crippen LogP contribution in [0.15, 0.2) is 29.3 Å². The summed E-state index contributed by atoms with van der Waals surface area (Å²) >= 11 is 0. The highest BCUT2D eigenvalue weighted by Crippen LogP contribution is 2.02. The molecular weight excluding hydrogens is 260 g/mol. The van der Waals surface area contributed by atoms with E-state index >= 15 is 0 Å². The fraction of sp³-hybridized carbons (Fsp3) is 0.231. The zero-order valence-electron chi connectivity index (χ0n) is 10.9. The number of nitrogens with one attached hydrogen (secondary N) is 3. The fourth-order valence-corrected chi connectivity index (χ4v) is 1.58. The van der Waals surface area contributed by atoms with Crippen LogP contribution in [0.2, 0.25) is 0 Å². The number of guanidine groups is 1. The Morgan fingerprint density at radius 3 is 2.35 bits per heavy atom. The number of aliphatic imine (C=N–C) groups is 1. The van der Waals surface area contributed by atoms with E-state index in [1.807, 2.05) is 19.1 Å². The average molecular weight is 274 g/mol. The van der Waals surface area contributed by atoms with E-state index in [1.54, 1.807) is 12.1 Å². The normalized spacial score (nSPS) is 13.8. The van der Waals surface area contributed by atoms with Gasteiger partial charge in [0.05, 0.1) is 6.54 Å². The van der Waals surface area contributed by atoms with Gasteiger partial charge in [0.15, 0.2) is 0 Å². The number of amides is 3. The van der Waals surface area contributed by atoms with Gasteiger partial charge in [-0.15, -0.1) is 0 Å². The van der Waals surface area contributed by atoms with Crippen molar-refractivity contribution in [2.45, 2.75) is 6.92 Å². The molecule has 1 fully saturated rings. The Morgan fingerprint density at radius 2 is 1.75 bits per heavy atom. The highest BCUT2D eigenvalue weighted by molar-refractivity contribution is 6.45. The average Bonchev–Trinajstić information content (AvgIpc) is 2.74. The van der Waals surface area contributed by atoms with E-state index in [2.05, 4.69) is 20.9 Å². The molecular formula is C13H14N4O3. The lowest BCUT2D eigenvalue weighted by molar-refractivity contribution is -0.135. The smallest absolute Gasteiger partial charge is 0.316 e. The van der Waals surface area contributed by atoms with Gasteiger partial charge in [0.2, 0.25) is 5.96 Å². The van der Waals surface area contributed by atoms with Gasteiger partial charge in [-0.3, -0.25) is 30.0 Å². The number of hydrogen-bond acceptors (Lipinski definition) is 4. The third-order valence-electron chi connectivity index (χ3n) is 2.65. The summed E-state index contributed by atoms with van der Waals surface area (Å²) < 4.78 is 0. The van der Waals surface area contributed by atoms with Gasteiger partial charge in [-0.1, -0.05) is 17.7 Å². The molecule has 0 saturated carbocycles. The first-order chi connectivity index (χ1) is 9.56. The summed E-state index contributed by atoms with van der Waals surface area (Å²) in [6.45, 7) is 2.51. The molecule has 3 amide bonds. The summed E-state index contributed by atoms with van der Waals surface area (Å²) in [4.78, 5) is 37.4. The molecule has 3 N–H and O–H groups in total. The summed E-state index contributed by atoms with van der Waals surface area (Å²) in [6, 6.07) is 7.21. The Bertz CT molecular complexity index is 560. The molecule has 7 heteroatoms. The molecule has 0 bridgehead atoms. The number of aryl methyl sites for hydroxylation is 1. The summed E-state index contributed by atoms with van der Waals surface area (Å²) in [5.41, 5.74) is 1.66. The van der Waals surface area contributed by atoms with Crippen LogP contribution < -0.4 is 16.0 Å². The molecule has 7 nitrogen and oxygen atoms in total. The van der Waals surface area contributed by atoms with E-state index in [4.69, 9.17) is 0 Å². The van der Waals surface area contributed by atoms with Crippen molar-refractivity contribution in [1.82, 2.24) is 16.0 Å². The second kappa shape index (κ2) is 5.96. The van der Waals surface area contributed by atoms with E-state index in [0.29, 0.717) is 12.1 Å². The lowest BCUT2D eigenvalue weighted by atomic mass is 10.1. The van der Waals surface area contributed by atoms with Crippen molar-refractivity contribution in [1.29, 1.82) is 0 Å². The maximum absolute atomic E-state index is 11.8. The van der Waals surface area contributed by atoms with Crippen LogP contribution >= 0.6 is 0 Å². The second-order valence-electron chi connectivity index (χ2n) is 4.26. The quantitative estimate of drug-likeness (QED) is 0.501. The molecule has 1 aliphatic heterocycles. The molecule has 1 heterocycles. The number of carbonyl (C=O) groups is 3. The molecule has 0 aliphatic carbocycles. The zero-order valence-corrected chi connectivity index (χ0v) is 10.9. The SMILES string of the molecule is Cc1ccc(C(=O)NCCN=C2NC(=O)C(=O)N2)cc1. The first-order valence-electron chi connectivity index (χ1n) is 6.08. The van der Waals surface area contributed by atoms with E-state index in [0.717, 1.165) is 5.56 Å². The summed E-state index contributed by atoms with van der Waals surface area (Å²) in [5.74, 6) is -1.53. The second-order valence-corrected chi connectivity index (χ2v) is 4.26. The third-order valence-corrected chi connectivity index (χ3v) is 2.65. The van der Waals surface area contributed by atoms with Crippen LogP contribution in [0.3, 0.4) is 0 Å². The van der Waals surface area contributed by atoms with Crippen LogP contribution in [0.4, 0.5) is 0 Å². The minimum Gasteiger partial charge on any atom is -0.350 e. The predicted molar refractivity (Wildman–Crippen MR) is 72.1 cm³/mol. The molecule has 20 heavy (non-hydrogen) atoms. The van der Waals surface area contributed by atoms with Crippen LogP contribution in [-0.2, 0) is 9.59 Å². The molecule has 104 valence electrons. The van der Waals surface area contributed by atoms with Gasteiger partial charge in [-0.2, -0.15) is 0 Å². The Morgan fingerprint density at radius 1 is 1.15 bits per heavy atom. The van der Waals surface area contributed by atoms with Gasteiger partial charge < -0.3 is 5.32 Å². The van der Waals surface area contributed by atoms with E-state index in [9.17, 15) is 14.4 Å². The van der Waals surface area contributed by atoms with Crippen LogP contribution in [0.5, 0.6) is 0 Å². The molecule has 1 aromatic carbocycles. The number of hydrogen-bond donors (Lipinski definition) is 3. The fourth-order valence-electron chi connectivity index (χ4n) is 1.58. The van der Waals surface area contributed by atoms with Crippen molar-refractivity contribution in [3.63, 3.8) is 0 Å². The first kappa shape index (κ1) is 13.7. The van der Waals surface area contributed by atoms with Crippen LogP contribution in [-0.4, -0.2) is 36.8 Å². The van der Waals surface area contributed by atoms with Crippen molar-refractivity contribution >= 4 is 23.7 Å². The molecule has 0 atom stereocenters. The number of nitrogens with zero attached hydrogens (tertiary/aromatic N) is 1. The Hall–Kier alpha value is -2.70. The van der Waals surface area contributed by atoms with Gasteiger partial charge in [0, 0.05) is 12.1 Å². The number of carbonyl (C=O) groups excluding carboxylic acids is 3. The summed E-state index contributed by atoms with van der Waals surface area (Å²) in [5, 5.41) is 7.23. The molecule has 2 rings (SSSR count). The lowest BCUT2D eigenvalue weighted by Gasteiger charge is -2.04. The van der Waals surface area contributed by atoms with Crippen LogP contribution in [0.25, 0.3) is 0 Å². The van der Waals surface area contributed by atoms with Gasteiger partial charge in [-0.05, 0) is 19.1 Å². The van der Waals surface area contributed by atoms with E-state index < -0.39 is 11.8 Å². The van der Waals surface area contributed by atoms with Crippen molar-refractivity contribution in [3.8, 4) is 0 Å². The topological polar surface area (TPSA) is 99.7 Å². The van der Waals surface area contributed by atoms with Crippen molar-refractivity contribution in [3.05, 3.63) is 35.4 Å². The van der Waals surface area contributed by atoms with Gasteiger partial charge in [0.25, 0.3) is 5.91 Å². The van der Waals surface area contributed by atoms with Crippen molar-refractivity contribution < 1.29 is 14.4 Å². The molecule has 0 aromatic heterocycles. The molecule has 0 radical (unpaired) electrons. The minimum atomic E-state index is -0.729. The highest BCUT2D eigenvalue weighted by atomic mass is 16.2.